The van der Waals surface area contributed by atoms with E-state index < -0.39 is 0 Å². The third-order valence-corrected chi connectivity index (χ3v) is 8.18. The Morgan fingerprint density at radius 1 is 1.16 bits per heavy atom. The van der Waals surface area contributed by atoms with Crippen LogP contribution in [0.1, 0.15) is 18.2 Å². The van der Waals surface area contributed by atoms with Crippen molar-refractivity contribution in [1.29, 1.82) is 0 Å². The van der Waals surface area contributed by atoms with Crippen molar-refractivity contribution in [2.45, 2.75) is 25.6 Å². The number of amides is 1. The van der Waals surface area contributed by atoms with Crippen LogP contribution >= 0.6 is 0 Å². The number of nitrogens with zero attached hydrogens (tertiary/aromatic N) is 8. The highest BCUT2D eigenvalue weighted by Gasteiger charge is 2.29. The second-order valence-electron chi connectivity index (χ2n) is 10.9. The molecule has 0 spiro atoms. The highest BCUT2D eigenvalue weighted by atomic mass is 16.5. The lowest BCUT2D eigenvalue weighted by Gasteiger charge is -2.16. The van der Waals surface area contributed by atoms with Gasteiger partial charge in [-0.1, -0.05) is 24.3 Å². The Hall–Kier alpha value is -5.23. The number of imidazole rings is 1. The fourth-order valence-electron chi connectivity index (χ4n) is 6.01. The van der Waals surface area contributed by atoms with Gasteiger partial charge in [0.15, 0.2) is 5.65 Å². The number of carbonyl (C=O) groups is 1. The minimum absolute atomic E-state index is 0.128. The van der Waals surface area contributed by atoms with Crippen molar-refractivity contribution in [3.63, 3.8) is 0 Å². The van der Waals surface area contributed by atoms with Crippen LogP contribution in [0.15, 0.2) is 73.6 Å². The Kier molecular flexibility index (Phi) is 6.74. The molecule has 0 radical (unpaired) electrons. The molecule has 1 atom stereocenters. The number of hydrogen-bond donors (Lipinski definition) is 2. The van der Waals surface area contributed by atoms with Crippen molar-refractivity contribution >= 4 is 39.3 Å². The van der Waals surface area contributed by atoms with E-state index in [0.29, 0.717) is 34.0 Å². The molecule has 3 N–H and O–H groups in total. The van der Waals surface area contributed by atoms with E-state index in [0.717, 1.165) is 48.3 Å². The number of aromatic nitrogens is 7. The summed E-state index contributed by atoms with van der Waals surface area (Å²) in [6.45, 7) is 2.52. The third-order valence-electron chi connectivity index (χ3n) is 8.18. The van der Waals surface area contributed by atoms with E-state index in [1.165, 1.54) is 6.33 Å². The average Bonchev–Trinajstić information content (AvgIpc) is 3.82. The lowest BCUT2D eigenvalue weighted by Crippen LogP contribution is -2.24. The van der Waals surface area contributed by atoms with Crippen molar-refractivity contribution in [3.05, 3.63) is 79.3 Å². The Morgan fingerprint density at radius 2 is 2.05 bits per heavy atom. The van der Waals surface area contributed by atoms with Gasteiger partial charge in [-0.15, -0.1) is 0 Å². The van der Waals surface area contributed by atoms with E-state index in [-0.39, 0.29) is 18.4 Å². The molecule has 2 aromatic carbocycles. The molecule has 0 aliphatic carbocycles. The zero-order valence-corrected chi connectivity index (χ0v) is 24.0. The molecule has 1 unspecified atom stereocenters. The summed E-state index contributed by atoms with van der Waals surface area (Å²) in [6.07, 6.45) is 8.22. The van der Waals surface area contributed by atoms with E-state index in [1.54, 1.807) is 13.3 Å². The number of carbonyl (C=O) groups excluding carboxylic acids is 1. The van der Waals surface area contributed by atoms with Gasteiger partial charge in [0, 0.05) is 49.3 Å². The van der Waals surface area contributed by atoms with Crippen molar-refractivity contribution in [2.75, 3.05) is 31.2 Å². The maximum atomic E-state index is 13.1. The number of hydrogen-bond acceptors (Lipinski definition) is 8. The molecule has 0 saturated carbocycles. The number of para-hydroxylation sites is 1. The van der Waals surface area contributed by atoms with E-state index in [2.05, 4.69) is 29.7 Å². The molecule has 218 valence electrons. The number of nitrogens with one attached hydrogen (secondary N) is 1. The maximum absolute atomic E-state index is 13.1. The first-order valence-electron chi connectivity index (χ1n) is 14.2. The number of aryl methyl sites for hydroxylation is 1. The normalized spacial score (nSPS) is 15.4. The van der Waals surface area contributed by atoms with Gasteiger partial charge >= 0.3 is 0 Å². The summed E-state index contributed by atoms with van der Waals surface area (Å²) in [6, 6.07) is 15.9. The van der Waals surface area contributed by atoms with Gasteiger partial charge in [-0.25, -0.2) is 19.6 Å². The summed E-state index contributed by atoms with van der Waals surface area (Å²) in [5.74, 6) is 0.755. The van der Waals surface area contributed by atoms with Crippen molar-refractivity contribution in [3.8, 4) is 17.0 Å². The predicted molar refractivity (Wildman–Crippen MR) is 164 cm³/mol. The van der Waals surface area contributed by atoms with Crippen LogP contribution in [-0.2, 0) is 24.9 Å². The topological polar surface area (TPSA) is 134 Å². The summed E-state index contributed by atoms with van der Waals surface area (Å²) in [4.78, 5) is 28.4. The van der Waals surface area contributed by atoms with E-state index >= 15 is 0 Å². The van der Waals surface area contributed by atoms with Crippen LogP contribution in [-0.4, -0.2) is 64.9 Å². The minimum atomic E-state index is -0.134. The zero-order valence-electron chi connectivity index (χ0n) is 24.0. The van der Waals surface area contributed by atoms with Gasteiger partial charge in [0.25, 0.3) is 0 Å². The molecule has 6 aromatic rings. The molecule has 1 amide bonds. The van der Waals surface area contributed by atoms with Crippen LogP contribution < -0.4 is 15.8 Å². The number of anilines is 2. The van der Waals surface area contributed by atoms with Crippen LogP contribution in [0.4, 0.5) is 11.5 Å². The second-order valence-corrected chi connectivity index (χ2v) is 10.9. The standard InChI is InChI=1S/C31H32N10O2/c1-38-23(13-20-5-3-4-6-25(20)38)15-27(42)36-24-8-7-21(14-26(24)43-2)29-28-30(32)34-17-35-31(28)41(37-29)22-9-11-39(16-22)19-40-12-10-33-18-40/h3-8,10,12-14,17-18,22H,9,11,15-16,19H2,1-2H3,(H,36,42)(H2,32,34,35). The molecule has 1 saturated heterocycles. The number of benzene rings is 2. The van der Waals surface area contributed by atoms with Gasteiger partial charge in [0.05, 0.1) is 43.6 Å². The molecule has 5 heterocycles. The second kappa shape index (κ2) is 10.9. The number of fused-ring (bicyclic) bond motifs is 2. The fraction of sp³-hybridized carbons (Fsp3) is 0.258. The number of nitrogen functional groups attached to an aromatic ring is 1. The summed E-state index contributed by atoms with van der Waals surface area (Å²) in [5.41, 5.74) is 11.1. The first-order chi connectivity index (χ1) is 21.0. The van der Waals surface area contributed by atoms with E-state index in [4.69, 9.17) is 15.6 Å². The summed E-state index contributed by atoms with van der Waals surface area (Å²) in [5, 5.41) is 9.85. The fourth-order valence-corrected chi connectivity index (χ4v) is 6.01. The predicted octanol–water partition coefficient (Wildman–Crippen LogP) is 3.86. The smallest absolute Gasteiger partial charge is 0.230 e. The Balaban J connectivity index is 1.15. The van der Waals surface area contributed by atoms with Crippen molar-refractivity contribution in [1.82, 2.24) is 38.8 Å². The van der Waals surface area contributed by atoms with Crippen LogP contribution in [0.25, 0.3) is 33.2 Å². The van der Waals surface area contributed by atoms with Gasteiger partial charge < -0.3 is 24.9 Å². The van der Waals surface area contributed by atoms with Gasteiger partial charge in [0.1, 0.15) is 23.6 Å². The molecule has 1 aliphatic heterocycles. The van der Waals surface area contributed by atoms with Gasteiger partial charge in [-0.05, 0) is 36.1 Å². The number of methoxy groups -OCH3 is 1. The molecule has 7 rings (SSSR count). The molecular formula is C31H32N10O2. The molecular weight excluding hydrogens is 544 g/mol. The van der Waals surface area contributed by atoms with E-state index in [9.17, 15) is 4.79 Å². The first kappa shape index (κ1) is 26.7. The molecule has 1 aliphatic rings. The largest absolute Gasteiger partial charge is 0.495 e. The van der Waals surface area contributed by atoms with E-state index in [1.807, 2.05) is 77.4 Å². The average molecular weight is 577 g/mol. The third kappa shape index (κ3) is 4.95. The number of rotatable bonds is 8. The van der Waals surface area contributed by atoms with Crippen molar-refractivity contribution in [2.24, 2.45) is 7.05 Å². The molecule has 12 nitrogen and oxygen atoms in total. The van der Waals surface area contributed by atoms with Gasteiger partial charge in [0.2, 0.25) is 5.91 Å². The quantitative estimate of drug-likeness (QED) is 0.279. The first-order valence-corrected chi connectivity index (χ1v) is 14.2. The molecule has 1 fully saturated rings. The Bertz CT molecular complexity index is 1940. The van der Waals surface area contributed by atoms with Crippen LogP contribution in [0.5, 0.6) is 5.75 Å². The molecule has 4 aromatic heterocycles. The maximum Gasteiger partial charge on any atom is 0.230 e. The minimum Gasteiger partial charge on any atom is -0.495 e. The van der Waals surface area contributed by atoms with Gasteiger partial charge in [-0.3, -0.25) is 9.69 Å². The van der Waals surface area contributed by atoms with Crippen LogP contribution in [0.2, 0.25) is 0 Å². The Morgan fingerprint density at radius 3 is 2.86 bits per heavy atom. The Labute approximate surface area is 247 Å². The number of likely N-dealkylation sites (tertiary alicyclic amines) is 1. The van der Waals surface area contributed by atoms with Crippen LogP contribution in [0.3, 0.4) is 0 Å². The molecule has 43 heavy (non-hydrogen) atoms. The lowest BCUT2D eigenvalue weighted by atomic mass is 10.1. The molecule has 0 bridgehead atoms. The highest BCUT2D eigenvalue weighted by Crippen LogP contribution is 2.37. The monoisotopic (exact) mass is 576 g/mol. The van der Waals surface area contributed by atoms with Crippen LogP contribution in [0, 0.1) is 0 Å². The summed E-state index contributed by atoms with van der Waals surface area (Å²) >= 11 is 0. The number of ether oxygens (including phenoxy) is 1. The number of nitrogens with two attached hydrogens (primary N) is 1. The van der Waals surface area contributed by atoms with Gasteiger partial charge in [-0.2, -0.15) is 5.10 Å². The SMILES string of the molecule is COc1cc(-c2nn(C3CCN(Cn4ccnc4)C3)c3ncnc(N)c23)ccc1NC(=O)Cc1cc2ccccc2n1C. The lowest BCUT2D eigenvalue weighted by molar-refractivity contribution is -0.115. The summed E-state index contributed by atoms with van der Waals surface area (Å²) < 4.78 is 11.8. The van der Waals surface area contributed by atoms with Crippen molar-refractivity contribution < 1.29 is 9.53 Å². The zero-order chi connectivity index (χ0) is 29.5. The highest BCUT2D eigenvalue weighted by molar-refractivity contribution is 6.00. The molecule has 12 heteroatoms. The summed E-state index contributed by atoms with van der Waals surface area (Å²) in [7, 11) is 3.56.